The van der Waals surface area contributed by atoms with E-state index in [2.05, 4.69) is 36.0 Å². The summed E-state index contributed by atoms with van der Waals surface area (Å²) in [6.07, 6.45) is 0.941. The highest BCUT2D eigenvalue weighted by Crippen LogP contribution is 2.35. The van der Waals surface area contributed by atoms with Gasteiger partial charge in [-0.1, -0.05) is 20.8 Å². The second-order valence-corrected chi connectivity index (χ2v) is 10.6. The van der Waals surface area contributed by atoms with Crippen molar-refractivity contribution in [1.29, 1.82) is 0 Å². The molecule has 2 fully saturated rings. The maximum Gasteiger partial charge on any atom is 0.321 e. The number of aryl methyl sites for hydroxylation is 1. The molecule has 0 bridgehead atoms. The first-order chi connectivity index (χ1) is 17.2. The van der Waals surface area contributed by atoms with Crippen LogP contribution in [0.5, 0.6) is 5.88 Å². The lowest BCUT2D eigenvalue weighted by Crippen LogP contribution is -2.36. The van der Waals surface area contributed by atoms with Crippen molar-refractivity contribution in [1.82, 2.24) is 9.88 Å². The van der Waals surface area contributed by atoms with Crippen molar-refractivity contribution in [3.8, 4) is 17.0 Å². The smallest absolute Gasteiger partial charge is 0.321 e. The van der Waals surface area contributed by atoms with Crippen molar-refractivity contribution >= 4 is 17.5 Å². The summed E-state index contributed by atoms with van der Waals surface area (Å²) >= 11 is 0. The highest BCUT2D eigenvalue weighted by Gasteiger charge is 2.34. The van der Waals surface area contributed by atoms with Crippen LogP contribution in [0.25, 0.3) is 11.1 Å². The molecule has 2 aliphatic heterocycles. The van der Waals surface area contributed by atoms with Crippen molar-refractivity contribution in [2.75, 3.05) is 62.8 Å². The summed E-state index contributed by atoms with van der Waals surface area (Å²) in [6, 6.07) is 6.55. The molecule has 1 aromatic carbocycles. The Morgan fingerprint density at radius 1 is 1.22 bits per heavy atom. The van der Waals surface area contributed by atoms with E-state index in [0.717, 1.165) is 28.9 Å². The first-order valence-electron chi connectivity index (χ1n) is 12.6. The van der Waals surface area contributed by atoms with E-state index in [4.69, 9.17) is 9.47 Å². The zero-order chi connectivity index (χ0) is 25.9. The maximum atomic E-state index is 15.0. The molecular weight excluding hydrogens is 463 g/mol. The Kier molecular flexibility index (Phi) is 8.00. The third-order valence-electron chi connectivity index (χ3n) is 7.03. The van der Waals surface area contributed by atoms with E-state index < -0.39 is 5.82 Å². The number of aromatic nitrogens is 1. The minimum atomic E-state index is -0.476. The number of ether oxygens (including phenoxy) is 2. The Morgan fingerprint density at radius 3 is 2.64 bits per heavy atom. The summed E-state index contributed by atoms with van der Waals surface area (Å²) in [4.78, 5) is 21.5. The number of nitrogens with one attached hydrogen (secondary N) is 1. The summed E-state index contributed by atoms with van der Waals surface area (Å²) in [5, 5.41) is 12.0. The second kappa shape index (κ2) is 11.0. The van der Waals surface area contributed by atoms with Gasteiger partial charge in [0.25, 0.3) is 0 Å². The Morgan fingerprint density at radius 2 is 1.97 bits per heavy atom. The number of hydrogen-bond donors (Lipinski definition) is 2. The van der Waals surface area contributed by atoms with Crippen LogP contribution in [0.4, 0.5) is 20.7 Å². The van der Waals surface area contributed by atoms with Crippen LogP contribution in [0, 0.1) is 24.1 Å². The van der Waals surface area contributed by atoms with Gasteiger partial charge in [0.2, 0.25) is 5.88 Å². The lowest BCUT2D eigenvalue weighted by atomic mass is 9.80. The van der Waals surface area contributed by atoms with Crippen molar-refractivity contribution in [2.24, 2.45) is 11.3 Å². The fourth-order valence-electron chi connectivity index (χ4n) is 4.75. The normalized spacial score (nSPS) is 18.4. The first-order valence-corrected chi connectivity index (χ1v) is 12.6. The largest absolute Gasteiger partial charge is 0.475 e. The van der Waals surface area contributed by atoms with Gasteiger partial charge in [0.1, 0.15) is 18.2 Å². The molecule has 0 unspecified atom stereocenters. The third-order valence-corrected chi connectivity index (χ3v) is 7.03. The number of carbonyl (C=O) groups is 1. The minimum Gasteiger partial charge on any atom is -0.475 e. The molecule has 2 aliphatic rings. The Labute approximate surface area is 212 Å². The van der Waals surface area contributed by atoms with Crippen molar-refractivity contribution in [3.63, 3.8) is 0 Å². The van der Waals surface area contributed by atoms with Crippen LogP contribution in [0.15, 0.2) is 24.3 Å². The monoisotopic (exact) mass is 500 g/mol. The highest BCUT2D eigenvalue weighted by atomic mass is 19.1. The Balaban J connectivity index is 1.61. The van der Waals surface area contributed by atoms with Gasteiger partial charge in [-0.05, 0) is 59.6 Å². The molecule has 0 spiro atoms. The predicted molar refractivity (Wildman–Crippen MR) is 138 cm³/mol. The van der Waals surface area contributed by atoms with Crippen LogP contribution in [0.2, 0.25) is 0 Å². The number of hydrogen-bond acceptors (Lipinski definition) is 6. The van der Waals surface area contributed by atoms with Gasteiger partial charge in [0.05, 0.1) is 25.5 Å². The average Bonchev–Trinajstić information content (AvgIpc) is 3.36. The maximum absolute atomic E-state index is 15.0. The lowest BCUT2D eigenvalue weighted by molar-refractivity contribution is 0.122. The number of aliphatic hydroxyl groups is 1. The van der Waals surface area contributed by atoms with E-state index in [1.54, 1.807) is 17.0 Å². The van der Waals surface area contributed by atoms with Crippen molar-refractivity contribution in [2.45, 2.75) is 34.1 Å². The van der Waals surface area contributed by atoms with Gasteiger partial charge < -0.3 is 29.7 Å². The zero-order valence-electron chi connectivity index (χ0n) is 21.6. The summed E-state index contributed by atoms with van der Waals surface area (Å²) in [5.41, 5.74) is 2.55. The standard InChI is InChI=1S/C27H37FN4O4/c1-18-13-22(28)23(29-26(34)32-6-5-20(17-32)27(2,3)4)16-21(18)19-14-24(31-7-10-35-11-8-31)30-25(15-19)36-12-9-33/h13-16,20,33H,5-12,17H2,1-4H3,(H,29,34)/t20-/m0/s1. The van der Waals surface area contributed by atoms with Crippen molar-refractivity contribution < 1.29 is 23.8 Å². The number of urea groups is 1. The molecule has 3 heterocycles. The number of anilines is 2. The fourth-order valence-corrected chi connectivity index (χ4v) is 4.75. The zero-order valence-corrected chi connectivity index (χ0v) is 21.6. The molecule has 36 heavy (non-hydrogen) atoms. The first kappa shape index (κ1) is 26.2. The summed E-state index contributed by atoms with van der Waals surface area (Å²) in [7, 11) is 0. The molecule has 4 rings (SSSR count). The summed E-state index contributed by atoms with van der Waals surface area (Å²) in [5.74, 6) is 1.04. The number of benzene rings is 1. The molecule has 2 saturated heterocycles. The van der Waals surface area contributed by atoms with Crippen LogP contribution in [0.3, 0.4) is 0 Å². The molecule has 0 aliphatic carbocycles. The van der Waals surface area contributed by atoms with Gasteiger partial charge in [0, 0.05) is 32.2 Å². The van der Waals surface area contributed by atoms with E-state index in [0.29, 0.717) is 51.2 Å². The average molecular weight is 501 g/mol. The molecule has 9 heteroatoms. The Hall–Kier alpha value is -2.91. The molecule has 2 aromatic rings. The summed E-state index contributed by atoms with van der Waals surface area (Å²) in [6.45, 7) is 12.3. The lowest BCUT2D eigenvalue weighted by Gasteiger charge is -2.28. The molecular formula is C27H37FN4O4. The minimum absolute atomic E-state index is 0.118. The number of halogens is 1. The number of carbonyl (C=O) groups excluding carboxylic acids is 1. The predicted octanol–water partition coefficient (Wildman–Crippen LogP) is 4.30. The van der Waals surface area contributed by atoms with Crippen LogP contribution in [-0.4, -0.2) is 73.6 Å². The highest BCUT2D eigenvalue weighted by molar-refractivity contribution is 5.91. The quantitative estimate of drug-likeness (QED) is 0.615. The molecule has 2 amide bonds. The van der Waals surface area contributed by atoms with Crippen LogP contribution in [0.1, 0.15) is 32.8 Å². The van der Waals surface area contributed by atoms with E-state index in [-0.39, 0.29) is 30.3 Å². The molecule has 196 valence electrons. The summed E-state index contributed by atoms with van der Waals surface area (Å²) < 4.78 is 26.1. The molecule has 1 atom stereocenters. The van der Waals surface area contributed by atoms with Gasteiger partial charge in [0.15, 0.2) is 0 Å². The number of nitrogens with zero attached hydrogens (tertiary/aromatic N) is 3. The van der Waals surface area contributed by atoms with E-state index >= 15 is 0 Å². The Bertz CT molecular complexity index is 1080. The van der Waals surface area contributed by atoms with Crippen LogP contribution >= 0.6 is 0 Å². The topological polar surface area (TPSA) is 87.2 Å². The van der Waals surface area contributed by atoms with Crippen molar-refractivity contribution in [3.05, 3.63) is 35.6 Å². The molecule has 0 saturated carbocycles. The van der Waals surface area contributed by atoms with Gasteiger partial charge in [-0.3, -0.25) is 0 Å². The number of rotatable bonds is 6. The number of pyridine rings is 1. The van der Waals surface area contributed by atoms with Crippen LogP contribution in [-0.2, 0) is 4.74 Å². The van der Waals surface area contributed by atoms with E-state index in [9.17, 15) is 14.3 Å². The number of aliphatic hydroxyl groups excluding tert-OH is 1. The van der Waals surface area contributed by atoms with Crippen LogP contribution < -0.4 is 15.0 Å². The number of likely N-dealkylation sites (tertiary alicyclic amines) is 1. The number of morpholine rings is 1. The van der Waals surface area contributed by atoms with Gasteiger partial charge in [-0.2, -0.15) is 4.98 Å². The SMILES string of the molecule is Cc1cc(F)c(NC(=O)N2CC[C@H](C(C)(C)C)C2)cc1-c1cc(OCCO)nc(N2CCOCC2)c1. The van der Waals surface area contributed by atoms with Gasteiger partial charge >= 0.3 is 6.03 Å². The second-order valence-electron chi connectivity index (χ2n) is 10.6. The van der Waals surface area contributed by atoms with E-state index in [1.807, 2.05) is 13.0 Å². The van der Waals surface area contributed by atoms with E-state index in [1.165, 1.54) is 6.07 Å². The number of amides is 2. The van der Waals surface area contributed by atoms with Gasteiger partial charge in [-0.15, -0.1) is 0 Å². The molecule has 8 nitrogen and oxygen atoms in total. The van der Waals surface area contributed by atoms with Gasteiger partial charge in [-0.25, -0.2) is 9.18 Å². The molecule has 1 aromatic heterocycles. The molecule has 2 N–H and O–H groups in total. The third kappa shape index (κ3) is 6.07. The molecule has 0 radical (unpaired) electrons. The fraction of sp³-hybridized carbons (Fsp3) is 0.556.